The third kappa shape index (κ3) is 5.25. The lowest BCUT2D eigenvalue weighted by Crippen LogP contribution is -2.39. The summed E-state index contributed by atoms with van der Waals surface area (Å²) in [7, 11) is 0. The van der Waals surface area contributed by atoms with Gasteiger partial charge in [-0.15, -0.1) is 6.58 Å². The van der Waals surface area contributed by atoms with Crippen molar-refractivity contribution in [2.75, 3.05) is 6.54 Å². The molecular weight excluding hydrogens is 206 g/mol. The summed E-state index contributed by atoms with van der Waals surface area (Å²) < 4.78 is 0. The van der Waals surface area contributed by atoms with Gasteiger partial charge in [0.25, 0.3) is 0 Å². The van der Waals surface area contributed by atoms with Gasteiger partial charge in [0, 0.05) is 6.04 Å². The largest absolute Gasteiger partial charge is 0.313 e. The molecule has 1 atom stereocenters. The fourth-order valence-electron chi connectivity index (χ4n) is 2.93. The average Bonchev–Trinajstić information content (AvgIpc) is 2.24. The second-order valence-electron chi connectivity index (χ2n) is 6.72. The van der Waals surface area contributed by atoms with Crippen molar-refractivity contribution in [3.05, 3.63) is 12.2 Å². The highest BCUT2D eigenvalue weighted by Crippen LogP contribution is 2.39. The van der Waals surface area contributed by atoms with E-state index < -0.39 is 0 Å². The Kier molecular flexibility index (Phi) is 5.72. The van der Waals surface area contributed by atoms with Gasteiger partial charge in [-0.2, -0.15) is 0 Å². The van der Waals surface area contributed by atoms with Crippen LogP contribution in [0.15, 0.2) is 12.2 Å². The molecule has 0 spiro atoms. The first kappa shape index (κ1) is 14.8. The van der Waals surface area contributed by atoms with Crippen LogP contribution in [0.2, 0.25) is 0 Å². The molecule has 1 rings (SSSR count). The molecule has 0 saturated heterocycles. The number of rotatable bonds is 6. The summed E-state index contributed by atoms with van der Waals surface area (Å²) >= 11 is 0. The Hall–Kier alpha value is -0.300. The molecule has 1 heteroatoms. The summed E-state index contributed by atoms with van der Waals surface area (Å²) in [5, 5.41) is 3.74. The van der Waals surface area contributed by atoms with Gasteiger partial charge in [0.15, 0.2) is 0 Å². The van der Waals surface area contributed by atoms with E-state index >= 15 is 0 Å². The molecular formula is C16H31N. The van der Waals surface area contributed by atoms with E-state index in [1.165, 1.54) is 37.7 Å². The third-order valence-corrected chi connectivity index (χ3v) is 4.18. The molecule has 1 N–H and O–H groups in total. The van der Waals surface area contributed by atoms with Crippen LogP contribution in [-0.4, -0.2) is 12.6 Å². The minimum Gasteiger partial charge on any atom is -0.313 e. The highest BCUT2D eigenvalue weighted by Gasteiger charge is 2.30. The second-order valence-corrected chi connectivity index (χ2v) is 6.72. The van der Waals surface area contributed by atoms with Crippen LogP contribution < -0.4 is 5.32 Å². The van der Waals surface area contributed by atoms with Crippen molar-refractivity contribution in [3.8, 4) is 0 Å². The topological polar surface area (TPSA) is 12.0 Å². The standard InChI is InChI=1S/C16H31N/c1-6-11-17-15(12-13(2)3)14-7-9-16(4,5)10-8-14/h14-15,17H,2,6-12H2,1,3-5H3. The van der Waals surface area contributed by atoms with Crippen LogP contribution in [0.3, 0.4) is 0 Å². The molecule has 0 aromatic heterocycles. The van der Waals surface area contributed by atoms with Crippen molar-refractivity contribution in [3.63, 3.8) is 0 Å². The zero-order valence-corrected chi connectivity index (χ0v) is 12.3. The van der Waals surface area contributed by atoms with Gasteiger partial charge in [0.2, 0.25) is 0 Å². The molecule has 1 nitrogen and oxygen atoms in total. The van der Waals surface area contributed by atoms with E-state index in [-0.39, 0.29) is 0 Å². The van der Waals surface area contributed by atoms with E-state index in [0.29, 0.717) is 11.5 Å². The zero-order chi connectivity index (χ0) is 12.9. The van der Waals surface area contributed by atoms with E-state index in [0.717, 1.165) is 18.9 Å². The molecule has 1 saturated carbocycles. The first-order valence-corrected chi connectivity index (χ1v) is 7.32. The van der Waals surface area contributed by atoms with Gasteiger partial charge in [0.05, 0.1) is 0 Å². The molecule has 100 valence electrons. The summed E-state index contributed by atoms with van der Waals surface area (Å²) in [6.07, 6.45) is 7.94. The predicted molar refractivity (Wildman–Crippen MR) is 77.3 cm³/mol. The number of nitrogens with one attached hydrogen (secondary N) is 1. The Labute approximate surface area is 108 Å². The minimum absolute atomic E-state index is 0.578. The first-order valence-electron chi connectivity index (χ1n) is 7.32. The minimum atomic E-state index is 0.578. The molecule has 1 fully saturated rings. The Morgan fingerprint density at radius 1 is 1.35 bits per heavy atom. The first-order chi connectivity index (χ1) is 7.94. The number of hydrogen-bond acceptors (Lipinski definition) is 1. The molecule has 0 aliphatic heterocycles. The zero-order valence-electron chi connectivity index (χ0n) is 12.3. The normalized spacial score (nSPS) is 22.4. The molecule has 0 bridgehead atoms. The van der Waals surface area contributed by atoms with E-state index in [1.807, 2.05) is 0 Å². The fraction of sp³-hybridized carbons (Fsp3) is 0.875. The smallest absolute Gasteiger partial charge is 0.0132 e. The fourth-order valence-corrected chi connectivity index (χ4v) is 2.93. The van der Waals surface area contributed by atoms with Crippen LogP contribution in [0.5, 0.6) is 0 Å². The Bertz CT molecular complexity index is 232. The Morgan fingerprint density at radius 2 is 1.94 bits per heavy atom. The van der Waals surface area contributed by atoms with Gasteiger partial charge >= 0.3 is 0 Å². The second kappa shape index (κ2) is 6.58. The van der Waals surface area contributed by atoms with Crippen molar-refractivity contribution >= 4 is 0 Å². The van der Waals surface area contributed by atoms with Gasteiger partial charge in [-0.05, 0) is 63.3 Å². The van der Waals surface area contributed by atoms with Gasteiger partial charge < -0.3 is 5.32 Å². The molecule has 1 aliphatic rings. The molecule has 0 aromatic carbocycles. The Morgan fingerprint density at radius 3 is 2.41 bits per heavy atom. The van der Waals surface area contributed by atoms with E-state index in [2.05, 4.69) is 39.6 Å². The van der Waals surface area contributed by atoms with E-state index in [4.69, 9.17) is 0 Å². The van der Waals surface area contributed by atoms with E-state index in [1.54, 1.807) is 0 Å². The van der Waals surface area contributed by atoms with Crippen LogP contribution in [-0.2, 0) is 0 Å². The summed E-state index contributed by atoms with van der Waals surface area (Å²) in [5.41, 5.74) is 1.90. The van der Waals surface area contributed by atoms with Gasteiger partial charge in [-0.25, -0.2) is 0 Å². The average molecular weight is 237 g/mol. The van der Waals surface area contributed by atoms with Crippen LogP contribution >= 0.6 is 0 Å². The third-order valence-electron chi connectivity index (χ3n) is 4.18. The highest BCUT2D eigenvalue weighted by molar-refractivity contribution is 4.96. The number of hydrogen-bond donors (Lipinski definition) is 1. The molecule has 0 heterocycles. The summed E-state index contributed by atoms with van der Waals surface area (Å²) in [5.74, 6) is 0.867. The lowest BCUT2D eigenvalue weighted by Gasteiger charge is -2.38. The lowest BCUT2D eigenvalue weighted by molar-refractivity contribution is 0.160. The predicted octanol–water partition coefficient (Wildman–Crippen LogP) is 4.54. The molecule has 0 aromatic rings. The quantitative estimate of drug-likeness (QED) is 0.669. The summed E-state index contributed by atoms with van der Waals surface area (Å²) in [6.45, 7) is 14.5. The Balaban J connectivity index is 2.49. The molecule has 1 aliphatic carbocycles. The summed E-state index contributed by atoms with van der Waals surface area (Å²) in [4.78, 5) is 0. The summed E-state index contributed by atoms with van der Waals surface area (Å²) in [6, 6.07) is 0.670. The van der Waals surface area contributed by atoms with Crippen molar-refractivity contribution in [2.45, 2.75) is 72.3 Å². The van der Waals surface area contributed by atoms with Crippen molar-refractivity contribution < 1.29 is 0 Å². The van der Waals surface area contributed by atoms with Crippen LogP contribution in [0.4, 0.5) is 0 Å². The monoisotopic (exact) mass is 237 g/mol. The van der Waals surface area contributed by atoms with Crippen molar-refractivity contribution in [1.29, 1.82) is 0 Å². The maximum atomic E-state index is 4.09. The molecule has 0 radical (unpaired) electrons. The SMILES string of the molecule is C=C(C)CC(NCCC)C1CCC(C)(C)CC1. The maximum absolute atomic E-state index is 4.09. The molecule has 0 amide bonds. The highest BCUT2D eigenvalue weighted by atomic mass is 14.9. The van der Waals surface area contributed by atoms with Crippen LogP contribution in [0.1, 0.15) is 66.2 Å². The van der Waals surface area contributed by atoms with E-state index in [9.17, 15) is 0 Å². The van der Waals surface area contributed by atoms with Gasteiger partial charge in [-0.3, -0.25) is 0 Å². The van der Waals surface area contributed by atoms with Crippen molar-refractivity contribution in [1.82, 2.24) is 5.32 Å². The van der Waals surface area contributed by atoms with Gasteiger partial charge in [0.1, 0.15) is 0 Å². The molecule has 17 heavy (non-hydrogen) atoms. The van der Waals surface area contributed by atoms with Crippen molar-refractivity contribution in [2.24, 2.45) is 11.3 Å². The molecule has 1 unspecified atom stereocenters. The van der Waals surface area contributed by atoms with Crippen LogP contribution in [0.25, 0.3) is 0 Å². The van der Waals surface area contributed by atoms with Crippen LogP contribution in [0, 0.1) is 11.3 Å². The van der Waals surface area contributed by atoms with Gasteiger partial charge in [-0.1, -0.05) is 26.3 Å². The maximum Gasteiger partial charge on any atom is 0.0132 e. The lowest BCUT2D eigenvalue weighted by atomic mass is 9.70.